The van der Waals surface area contributed by atoms with Gasteiger partial charge in [-0.25, -0.2) is 9.66 Å². The van der Waals surface area contributed by atoms with Gasteiger partial charge in [0.25, 0.3) is 0 Å². The lowest BCUT2D eigenvalue weighted by Crippen LogP contribution is -2.16. The maximum atomic E-state index is 5.89. The van der Waals surface area contributed by atoms with Gasteiger partial charge >= 0.3 is 0 Å². The number of aromatic nitrogens is 5. The molecule has 0 unspecified atom stereocenters. The third kappa shape index (κ3) is 1.92. The second-order valence-corrected chi connectivity index (χ2v) is 5.19. The van der Waals surface area contributed by atoms with Crippen LogP contribution in [0, 0.1) is 4.77 Å². The van der Waals surface area contributed by atoms with Crippen molar-refractivity contribution in [2.24, 2.45) is 0 Å². The summed E-state index contributed by atoms with van der Waals surface area (Å²) in [4.78, 5) is 4.64. The van der Waals surface area contributed by atoms with Crippen LogP contribution in [0.3, 0.4) is 0 Å². The van der Waals surface area contributed by atoms with Gasteiger partial charge in [-0.1, -0.05) is 12.1 Å². The van der Waals surface area contributed by atoms with Gasteiger partial charge < -0.3 is 14.8 Å². The molecular weight excluding hydrogens is 300 g/mol. The molecule has 4 aromatic rings. The lowest BCUT2D eigenvalue weighted by molar-refractivity contribution is 0.571. The number of hydrogen-bond acceptors (Lipinski definition) is 5. The Balaban J connectivity index is 1.93. The number of H-pyrrole nitrogens is 1. The van der Waals surface area contributed by atoms with Crippen molar-refractivity contribution in [1.29, 1.82) is 0 Å². The molecule has 0 saturated heterocycles. The van der Waals surface area contributed by atoms with E-state index >= 15 is 0 Å². The topological polar surface area (TPSA) is 90.6 Å². The summed E-state index contributed by atoms with van der Waals surface area (Å²) < 4.78 is 9.23. The van der Waals surface area contributed by atoms with Crippen molar-refractivity contribution < 1.29 is 4.42 Å². The van der Waals surface area contributed by atoms with E-state index in [2.05, 4.69) is 15.2 Å². The van der Waals surface area contributed by atoms with Crippen LogP contribution >= 0.6 is 12.2 Å². The minimum Gasteiger partial charge on any atom is -0.461 e. The fourth-order valence-electron chi connectivity index (χ4n) is 2.42. The van der Waals surface area contributed by atoms with Crippen LogP contribution in [0.4, 0.5) is 0 Å². The minimum atomic E-state index is 0.374. The zero-order valence-corrected chi connectivity index (χ0v) is 12.2. The Hall–Kier alpha value is -2.87. The number of rotatable bonds is 3. The van der Waals surface area contributed by atoms with Gasteiger partial charge in [0.15, 0.2) is 17.4 Å². The highest BCUT2D eigenvalue weighted by Crippen LogP contribution is 2.25. The highest BCUT2D eigenvalue weighted by atomic mass is 32.1. The molecule has 0 atom stereocenters. The largest absolute Gasteiger partial charge is 0.461 e. The van der Waals surface area contributed by atoms with Gasteiger partial charge in [0, 0.05) is 0 Å². The number of nitrogen functional groups attached to an aromatic ring is 1. The summed E-state index contributed by atoms with van der Waals surface area (Å²) in [6.07, 6.45) is 1.62. The van der Waals surface area contributed by atoms with Crippen molar-refractivity contribution >= 4 is 23.3 Å². The number of benzene rings is 1. The zero-order valence-electron chi connectivity index (χ0n) is 11.4. The first-order valence-corrected chi connectivity index (χ1v) is 7.05. The zero-order chi connectivity index (χ0) is 15.1. The Kier molecular flexibility index (Phi) is 2.83. The Labute approximate surface area is 130 Å². The molecule has 110 valence electrons. The van der Waals surface area contributed by atoms with Crippen molar-refractivity contribution in [3.8, 4) is 11.6 Å². The minimum absolute atomic E-state index is 0.374. The van der Waals surface area contributed by atoms with E-state index in [9.17, 15) is 0 Å². The number of hydrogen-bond donors (Lipinski definition) is 2. The summed E-state index contributed by atoms with van der Waals surface area (Å²) in [6.45, 7) is 0.431. The maximum absolute atomic E-state index is 5.89. The number of nitrogens with one attached hydrogen (secondary N) is 1. The number of para-hydroxylation sites is 2. The molecule has 8 heteroatoms. The molecule has 0 bridgehead atoms. The molecule has 0 aliphatic rings. The molecule has 22 heavy (non-hydrogen) atoms. The molecule has 4 rings (SSSR count). The number of fused-ring (bicyclic) bond motifs is 1. The summed E-state index contributed by atoms with van der Waals surface area (Å²) in [5, 5.41) is 6.85. The summed E-state index contributed by atoms with van der Waals surface area (Å²) in [5.74, 6) is 7.92. The van der Waals surface area contributed by atoms with Gasteiger partial charge in [0.2, 0.25) is 4.77 Å². The summed E-state index contributed by atoms with van der Waals surface area (Å²) in [7, 11) is 0. The Bertz CT molecular complexity index is 994. The molecule has 7 nitrogen and oxygen atoms in total. The van der Waals surface area contributed by atoms with E-state index in [1.165, 1.54) is 4.68 Å². The van der Waals surface area contributed by atoms with Crippen molar-refractivity contribution in [3.63, 3.8) is 0 Å². The normalized spacial score (nSPS) is 11.3. The summed E-state index contributed by atoms with van der Waals surface area (Å²) >= 11 is 5.05. The molecule has 3 N–H and O–H groups in total. The van der Waals surface area contributed by atoms with Crippen LogP contribution in [0.25, 0.3) is 22.6 Å². The lowest BCUT2D eigenvalue weighted by Gasteiger charge is -2.07. The van der Waals surface area contributed by atoms with E-state index in [1.807, 2.05) is 41.0 Å². The van der Waals surface area contributed by atoms with E-state index in [-0.39, 0.29) is 0 Å². The fourth-order valence-corrected chi connectivity index (χ4v) is 2.57. The van der Waals surface area contributed by atoms with Gasteiger partial charge in [0.1, 0.15) is 0 Å². The SMILES string of the molecule is Nn1c(Cn2c(-c3ccco3)nc3ccccc32)n[nH]c1=S. The van der Waals surface area contributed by atoms with Crippen LogP contribution < -0.4 is 5.84 Å². The standard InChI is InChI=1S/C14H12N6OS/c15-20-12(17-18-14(20)22)8-19-10-5-2-1-4-9(10)16-13(19)11-6-3-7-21-11/h1-7H,8,15H2,(H,18,22). The predicted molar refractivity (Wildman–Crippen MR) is 84.1 cm³/mol. The second-order valence-electron chi connectivity index (χ2n) is 4.80. The number of imidazole rings is 1. The van der Waals surface area contributed by atoms with Crippen molar-refractivity contribution in [2.45, 2.75) is 6.54 Å². The van der Waals surface area contributed by atoms with Gasteiger partial charge in [-0.15, -0.1) is 0 Å². The molecule has 0 spiro atoms. The Morgan fingerprint density at radius 1 is 1.23 bits per heavy atom. The average Bonchev–Trinajstić information content (AvgIpc) is 3.23. The van der Waals surface area contributed by atoms with E-state index in [1.54, 1.807) is 6.26 Å². The Morgan fingerprint density at radius 2 is 2.09 bits per heavy atom. The van der Waals surface area contributed by atoms with Crippen LogP contribution in [0.1, 0.15) is 5.82 Å². The second kappa shape index (κ2) is 4.85. The molecule has 0 aliphatic carbocycles. The number of aromatic amines is 1. The third-order valence-corrected chi connectivity index (χ3v) is 3.76. The van der Waals surface area contributed by atoms with Crippen LogP contribution in [0.15, 0.2) is 47.1 Å². The first-order chi connectivity index (χ1) is 10.7. The molecule has 0 fully saturated rings. The van der Waals surface area contributed by atoms with Crippen molar-refractivity contribution in [1.82, 2.24) is 24.4 Å². The van der Waals surface area contributed by atoms with Crippen LogP contribution in [0.5, 0.6) is 0 Å². The molecule has 1 aromatic carbocycles. The Morgan fingerprint density at radius 3 is 2.82 bits per heavy atom. The van der Waals surface area contributed by atoms with Gasteiger partial charge in [-0.05, 0) is 36.5 Å². The molecule has 3 heterocycles. The van der Waals surface area contributed by atoms with E-state index < -0.39 is 0 Å². The smallest absolute Gasteiger partial charge is 0.214 e. The van der Waals surface area contributed by atoms with Crippen LogP contribution in [0.2, 0.25) is 0 Å². The summed E-state index contributed by atoms with van der Waals surface area (Å²) in [5.41, 5.74) is 1.86. The van der Waals surface area contributed by atoms with Gasteiger partial charge in [-0.2, -0.15) is 5.10 Å². The van der Waals surface area contributed by atoms with Crippen molar-refractivity contribution in [2.75, 3.05) is 5.84 Å². The molecule has 0 saturated carbocycles. The number of nitrogens with two attached hydrogens (primary N) is 1. The number of nitrogens with zero attached hydrogens (tertiary/aromatic N) is 4. The lowest BCUT2D eigenvalue weighted by atomic mass is 10.3. The first-order valence-electron chi connectivity index (χ1n) is 6.64. The van der Waals surface area contributed by atoms with Gasteiger partial charge in [-0.3, -0.25) is 5.10 Å². The number of furan rings is 1. The van der Waals surface area contributed by atoms with Crippen molar-refractivity contribution in [3.05, 3.63) is 53.3 Å². The molecule has 0 radical (unpaired) electrons. The highest BCUT2D eigenvalue weighted by molar-refractivity contribution is 7.71. The first kappa shape index (κ1) is 12.8. The predicted octanol–water partition coefficient (Wildman–Crippen LogP) is 2.31. The van der Waals surface area contributed by atoms with E-state index in [0.29, 0.717) is 22.9 Å². The molecular formula is C14H12N6OS. The van der Waals surface area contributed by atoms with E-state index in [4.69, 9.17) is 22.5 Å². The monoisotopic (exact) mass is 312 g/mol. The maximum Gasteiger partial charge on any atom is 0.214 e. The third-order valence-electron chi connectivity index (χ3n) is 3.47. The highest BCUT2D eigenvalue weighted by Gasteiger charge is 2.16. The quantitative estimate of drug-likeness (QED) is 0.447. The fraction of sp³-hybridized carbons (Fsp3) is 0.0714. The average molecular weight is 312 g/mol. The van der Waals surface area contributed by atoms with Crippen LogP contribution in [-0.2, 0) is 6.54 Å². The van der Waals surface area contributed by atoms with Gasteiger partial charge in [0.05, 0.1) is 23.8 Å². The molecule has 0 aliphatic heterocycles. The van der Waals surface area contributed by atoms with E-state index in [0.717, 1.165) is 16.9 Å². The van der Waals surface area contributed by atoms with Crippen LogP contribution in [-0.4, -0.2) is 24.4 Å². The molecule has 0 amide bonds. The summed E-state index contributed by atoms with van der Waals surface area (Å²) in [6, 6.07) is 11.6. The molecule has 3 aromatic heterocycles.